The second kappa shape index (κ2) is 3.74. The molecular weight excluding hydrogens is 326 g/mol. The summed E-state index contributed by atoms with van der Waals surface area (Å²) >= 11 is 9.90. The van der Waals surface area contributed by atoms with Gasteiger partial charge in [0.25, 0.3) is 0 Å². The number of hydrogen-bond donors (Lipinski definition) is 0. The molecule has 0 saturated heterocycles. The number of nitrogens with zero attached hydrogens (tertiary/aromatic N) is 1. The van der Waals surface area contributed by atoms with Crippen molar-refractivity contribution in [2.45, 2.75) is 0 Å². The Morgan fingerprint density at radius 1 is 1.10 bits per heavy atom. The monoisotopic (exact) mass is 327 g/mol. The van der Waals surface area contributed by atoms with Crippen LogP contribution in [0.2, 0.25) is 0 Å². The summed E-state index contributed by atoms with van der Waals surface area (Å²) in [4.78, 5) is 0. The van der Waals surface area contributed by atoms with Gasteiger partial charge in [-0.05, 0) is 28.1 Å². The molecule has 0 atom stereocenters. The van der Waals surface area contributed by atoms with Gasteiger partial charge < -0.3 is 0 Å². The summed E-state index contributed by atoms with van der Waals surface area (Å²) in [5.41, 5.74) is 1.04. The lowest BCUT2D eigenvalue weighted by molar-refractivity contribution is 1.59. The Hall–Kier alpha value is 0.460. The molecule has 0 N–H and O–H groups in total. The SMILES string of the molecule is Brc1ccccc1N(Br)Br. The van der Waals surface area contributed by atoms with Crippen LogP contribution in [0, 0.1) is 0 Å². The molecule has 0 aliphatic carbocycles. The number of hydrogen-bond acceptors (Lipinski definition) is 1. The van der Waals surface area contributed by atoms with E-state index in [-0.39, 0.29) is 0 Å². The molecule has 0 aromatic heterocycles. The summed E-state index contributed by atoms with van der Waals surface area (Å²) in [7, 11) is 0. The molecule has 4 heteroatoms. The maximum Gasteiger partial charge on any atom is 0.0737 e. The minimum absolute atomic E-state index is 1.04. The normalized spacial score (nSPS) is 9.50. The van der Waals surface area contributed by atoms with E-state index in [0.29, 0.717) is 0 Å². The molecule has 54 valence electrons. The molecule has 0 spiro atoms. The average Bonchev–Trinajstić information content (AvgIpc) is 1.88. The van der Waals surface area contributed by atoms with E-state index >= 15 is 0 Å². The predicted molar refractivity (Wildman–Crippen MR) is 54.5 cm³/mol. The van der Waals surface area contributed by atoms with Crippen LogP contribution in [0.3, 0.4) is 0 Å². The summed E-state index contributed by atoms with van der Waals surface area (Å²) in [6, 6.07) is 7.89. The first kappa shape index (κ1) is 8.56. The summed E-state index contributed by atoms with van der Waals surface area (Å²) < 4.78 is 2.74. The van der Waals surface area contributed by atoms with Crippen molar-refractivity contribution >= 4 is 53.9 Å². The first-order valence-electron chi connectivity index (χ1n) is 2.58. The van der Waals surface area contributed by atoms with Gasteiger partial charge in [-0.25, -0.2) is 2.95 Å². The van der Waals surface area contributed by atoms with Crippen molar-refractivity contribution in [2.75, 3.05) is 2.95 Å². The molecule has 0 heterocycles. The molecule has 0 bridgehead atoms. The predicted octanol–water partition coefficient (Wildman–Crippen LogP) is 3.88. The lowest BCUT2D eigenvalue weighted by Gasteiger charge is -2.07. The minimum atomic E-state index is 1.04. The molecular formula is C6H4Br3N. The van der Waals surface area contributed by atoms with Crippen LogP contribution in [0.4, 0.5) is 5.69 Å². The molecule has 1 aromatic rings. The van der Waals surface area contributed by atoms with Gasteiger partial charge in [0.2, 0.25) is 0 Å². The summed E-state index contributed by atoms with van der Waals surface area (Å²) in [5.74, 6) is 0. The zero-order chi connectivity index (χ0) is 7.56. The highest BCUT2D eigenvalue weighted by Gasteiger charge is 2.00. The first-order chi connectivity index (χ1) is 4.72. The highest BCUT2D eigenvalue weighted by Crippen LogP contribution is 2.29. The quantitative estimate of drug-likeness (QED) is 0.707. The second-order valence-corrected chi connectivity index (χ2v) is 4.91. The fourth-order valence-electron chi connectivity index (χ4n) is 0.589. The van der Waals surface area contributed by atoms with Crippen molar-refractivity contribution in [1.29, 1.82) is 0 Å². The van der Waals surface area contributed by atoms with Gasteiger partial charge in [0.15, 0.2) is 0 Å². The van der Waals surface area contributed by atoms with E-state index in [1.165, 1.54) is 0 Å². The van der Waals surface area contributed by atoms with Crippen LogP contribution in [0.5, 0.6) is 0 Å². The summed E-state index contributed by atoms with van der Waals surface area (Å²) in [5, 5.41) is 0. The van der Waals surface area contributed by atoms with Gasteiger partial charge in [-0.1, -0.05) is 12.1 Å². The van der Waals surface area contributed by atoms with E-state index in [4.69, 9.17) is 0 Å². The van der Waals surface area contributed by atoms with Gasteiger partial charge in [-0.15, -0.1) is 0 Å². The van der Waals surface area contributed by atoms with E-state index in [1.54, 1.807) is 2.95 Å². The van der Waals surface area contributed by atoms with Crippen molar-refractivity contribution < 1.29 is 0 Å². The van der Waals surface area contributed by atoms with Crippen molar-refractivity contribution in [3.05, 3.63) is 28.7 Å². The van der Waals surface area contributed by atoms with E-state index in [1.807, 2.05) is 24.3 Å². The van der Waals surface area contributed by atoms with Gasteiger partial charge >= 0.3 is 0 Å². The molecule has 0 fully saturated rings. The number of benzene rings is 1. The van der Waals surface area contributed by atoms with Crippen LogP contribution in [0.25, 0.3) is 0 Å². The van der Waals surface area contributed by atoms with Crippen LogP contribution in [-0.2, 0) is 0 Å². The van der Waals surface area contributed by atoms with Gasteiger partial charge in [-0.3, -0.25) is 0 Å². The number of para-hydroxylation sites is 1. The van der Waals surface area contributed by atoms with Crippen LogP contribution >= 0.6 is 48.2 Å². The van der Waals surface area contributed by atoms with Gasteiger partial charge in [0.1, 0.15) is 0 Å². The molecule has 0 aliphatic rings. The molecule has 0 amide bonds. The third-order valence-electron chi connectivity index (χ3n) is 1.03. The Bertz CT molecular complexity index is 224. The van der Waals surface area contributed by atoms with Crippen LogP contribution < -0.4 is 2.95 Å². The highest BCUT2D eigenvalue weighted by atomic mass is 79.9. The summed E-state index contributed by atoms with van der Waals surface area (Å²) in [6.07, 6.45) is 0. The number of halogens is 3. The number of rotatable bonds is 1. The fourth-order valence-corrected chi connectivity index (χ4v) is 2.15. The highest BCUT2D eigenvalue weighted by molar-refractivity contribution is 9.25. The smallest absolute Gasteiger partial charge is 0.0737 e. The molecule has 1 aromatic carbocycles. The first-order valence-corrected chi connectivity index (χ1v) is 4.79. The van der Waals surface area contributed by atoms with Crippen molar-refractivity contribution in [3.63, 3.8) is 0 Å². The van der Waals surface area contributed by atoms with E-state index in [2.05, 4.69) is 48.2 Å². The Kier molecular flexibility index (Phi) is 3.20. The van der Waals surface area contributed by atoms with Crippen LogP contribution in [-0.4, -0.2) is 0 Å². The maximum absolute atomic E-state index is 3.40. The van der Waals surface area contributed by atoms with Crippen molar-refractivity contribution in [1.82, 2.24) is 0 Å². The Morgan fingerprint density at radius 3 is 2.10 bits per heavy atom. The molecule has 0 aliphatic heterocycles. The molecule has 1 rings (SSSR count). The van der Waals surface area contributed by atoms with Crippen LogP contribution in [0.1, 0.15) is 0 Å². The second-order valence-electron chi connectivity index (χ2n) is 1.68. The Labute approximate surface area is 85.2 Å². The average molecular weight is 330 g/mol. The van der Waals surface area contributed by atoms with Crippen molar-refractivity contribution in [2.24, 2.45) is 0 Å². The van der Waals surface area contributed by atoms with Gasteiger partial charge in [-0.2, -0.15) is 0 Å². The Morgan fingerprint density at radius 2 is 1.70 bits per heavy atom. The third-order valence-corrected chi connectivity index (χ3v) is 2.47. The van der Waals surface area contributed by atoms with Gasteiger partial charge in [0, 0.05) is 4.47 Å². The van der Waals surface area contributed by atoms with Crippen LogP contribution in [0.15, 0.2) is 28.7 Å². The van der Waals surface area contributed by atoms with Crippen molar-refractivity contribution in [3.8, 4) is 0 Å². The minimum Gasteiger partial charge on any atom is -0.241 e. The lowest BCUT2D eigenvalue weighted by Crippen LogP contribution is -1.89. The Balaban J connectivity index is 3.03. The lowest BCUT2D eigenvalue weighted by atomic mass is 10.3. The van der Waals surface area contributed by atoms with E-state index in [9.17, 15) is 0 Å². The number of anilines is 1. The van der Waals surface area contributed by atoms with E-state index < -0.39 is 0 Å². The maximum atomic E-state index is 3.40. The molecule has 10 heavy (non-hydrogen) atoms. The standard InChI is InChI=1S/C6H4Br3N/c7-5-3-1-2-4-6(5)10(8)9/h1-4H. The molecule has 0 unspecified atom stereocenters. The van der Waals surface area contributed by atoms with E-state index in [0.717, 1.165) is 10.2 Å². The largest absolute Gasteiger partial charge is 0.241 e. The molecule has 1 nitrogen and oxygen atoms in total. The third kappa shape index (κ3) is 1.97. The topological polar surface area (TPSA) is 3.24 Å². The zero-order valence-corrected chi connectivity index (χ0v) is 9.65. The summed E-state index contributed by atoms with van der Waals surface area (Å²) in [6.45, 7) is 0. The van der Waals surface area contributed by atoms with Gasteiger partial charge in [0.05, 0.1) is 38.0 Å². The molecule has 0 saturated carbocycles. The zero-order valence-electron chi connectivity index (χ0n) is 4.89. The molecule has 0 radical (unpaired) electrons. The fraction of sp³-hybridized carbons (Fsp3) is 0.